The van der Waals surface area contributed by atoms with E-state index in [-0.39, 0.29) is 5.97 Å². The summed E-state index contributed by atoms with van der Waals surface area (Å²) in [5.41, 5.74) is 0. The molecule has 1 unspecified atom stereocenters. The van der Waals surface area contributed by atoms with E-state index < -0.39 is 0 Å². The third kappa shape index (κ3) is 25.8. The molecule has 0 saturated heterocycles. The Kier molecular flexibility index (Phi) is 27.1. The van der Waals surface area contributed by atoms with E-state index in [1.54, 1.807) is 0 Å². The van der Waals surface area contributed by atoms with Gasteiger partial charge in [-0.2, -0.15) is 0 Å². The topological polar surface area (TPSA) is 44.8 Å². The van der Waals surface area contributed by atoms with E-state index >= 15 is 0 Å². The summed E-state index contributed by atoms with van der Waals surface area (Å²) in [5.74, 6) is 0.459. The number of esters is 1. The second-order valence-corrected chi connectivity index (χ2v) is 9.70. The van der Waals surface area contributed by atoms with Crippen molar-refractivity contribution in [3.63, 3.8) is 0 Å². The molecule has 1 atom stereocenters. The molecule has 0 aliphatic heterocycles. The van der Waals surface area contributed by atoms with Gasteiger partial charge in [0, 0.05) is 19.6 Å². The summed E-state index contributed by atoms with van der Waals surface area (Å²) < 4.78 is 16.8. The zero-order chi connectivity index (χ0) is 24.2. The van der Waals surface area contributed by atoms with Crippen LogP contribution >= 0.6 is 0 Å². The Labute approximate surface area is 206 Å². The minimum absolute atomic E-state index is 0.0738. The quantitative estimate of drug-likeness (QED) is 0.0890. The van der Waals surface area contributed by atoms with Gasteiger partial charge >= 0.3 is 5.97 Å². The molecule has 0 rings (SSSR count). The molecule has 0 aliphatic rings. The van der Waals surface area contributed by atoms with E-state index in [4.69, 9.17) is 14.2 Å². The lowest BCUT2D eigenvalue weighted by atomic mass is 9.96. The average Bonchev–Trinajstić information content (AvgIpc) is 2.82. The average molecular weight is 471 g/mol. The summed E-state index contributed by atoms with van der Waals surface area (Å²) in [5, 5.41) is 0. The van der Waals surface area contributed by atoms with Gasteiger partial charge in [-0.15, -0.1) is 0 Å². The fraction of sp³-hybridized carbons (Fsp3) is 0.966. The van der Waals surface area contributed by atoms with Crippen LogP contribution in [0.3, 0.4) is 0 Å². The molecular formula is C29H58O4. The molecule has 0 bridgehead atoms. The van der Waals surface area contributed by atoms with E-state index in [0.29, 0.717) is 38.8 Å². The molecule has 0 radical (unpaired) electrons. The molecule has 0 aromatic heterocycles. The Morgan fingerprint density at radius 2 is 1.03 bits per heavy atom. The molecule has 4 heteroatoms. The first-order chi connectivity index (χ1) is 16.2. The van der Waals surface area contributed by atoms with E-state index in [1.807, 2.05) is 0 Å². The molecule has 0 amide bonds. The Morgan fingerprint density at radius 3 is 1.64 bits per heavy atom. The first-order valence-electron chi connectivity index (χ1n) is 14.6. The lowest BCUT2D eigenvalue weighted by molar-refractivity contribution is -0.145. The first-order valence-corrected chi connectivity index (χ1v) is 14.6. The molecule has 0 aliphatic carbocycles. The highest BCUT2D eigenvalue weighted by Gasteiger charge is 2.12. The molecule has 0 fully saturated rings. The number of hydrogen-bond donors (Lipinski definition) is 0. The highest BCUT2D eigenvalue weighted by Crippen LogP contribution is 2.18. The molecule has 0 saturated carbocycles. The van der Waals surface area contributed by atoms with E-state index in [1.165, 1.54) is 103 Å². The zero-order valence-electron chi connectivity index (χ0n) is 22.7. The monoisotopic (exact) mass is 470 g/mol. The van der Waals surface area contributed by atoms with Crippen molar-refractivity contribution in [1.82, 2.24) is 0 Å². The van der Waals surface area contributed by atoms with Crippen molar-refractivity contribution < 1.29 is 19.0 Å². The lowest BCUT2D eigenvalue weighted by Crippen LogP contribution is -2.15. The van der Waals surface area contributed by atoms with Gasteiger partial charge in [0.1, 0.15) is 0 Å². The van der Waals surface area contributed by atoms with E-state index in [2.05, 4.69) is 20.8 Å². The molecule has 4 nitrogen and oxygen atoms in total. The van der Waals surface area contributed by atoms with Crippen LogP contribution in [0.5, 0.6) is 0 Å². The van der Waals surface area contributed by atoms with Crippen LogP contribution in [0.25, 0.3) is 0 Å². The largest absolute Gasteiger partial charge is 0.465 e. The molecule has 198 valence electrons. The maximum atomic E-state index is 12.0. The molecule has 0 spiro atoms. The normalized spacial score (nSPS) is 12.2. The fourth-order valence-electron chi connectivity index (χ4n) is 4.10. The third-order valence-electron chi connectivity index (χ3n) is 6.35. The summed E-state index contributed by atoms with van der Waals surface area (Å²) in [4.78, 5) is 12.0. The predicted molar refractivity (Wildman–Crippen MR) is 141 cm³/mol. The van der Waals surface area contributed by atoms with E-state index in [0.717, 1.165) is 19.4 Å². The van der Waals surface area contributed by atoms with Crippen LogP contribution in [-0.2, 0) is 19.0 Å². The highest BCUT2D eigenvalue weighted by atomic mass is 16.5. The van der Waals surface area contributed by atoms with Gasteiger partial charge in [0.25, 0.3) is 0 Å². The van der Waals surface area contributed by atoms with Gasteiger partial charge in [-0.3, -0.25) is 4.79 Å². The van der Waals surface area contributed by atoms with Crippen molar-refractivity contribution in [3.8, 4) is 0 Å². The minimum Gasteiger partial charge on any atom is -0.465 e. The standard InChI is InChI=1S/C29H58O4/c1-4-7-10-12-13-14-15-16-18-23-31-25-26-32-24-19-22-29(30)33-27-28(20-9-6-3)21-17-11-8-5-2/h28H,4-27H2,1-3H3. The van der Waals surface area contributed by atoms with Crippen LogP contribution in [0.15, 0.2) is 0 Å². The molecule has 0 aromatic rings. The first kappa shape index (κ1) is 32.4. The van der Waals surface area contributed by atoms with Crippen molar-refractivity contribution >= 4 is 5.97 Å². The minimum atomic E-state index is -0.0738. The number of carbonyl (C=O) groups is 1. The summed E-state index contributed by atoms with van der Waals surface area (Å²) in [7, 11) is 0. The summed E-state index contributed by atoms with van der Waals surface area (Å²) >= 11 is 0. The molecule has 0 aromatic carbocycles. The predicted octanol–water partition coefficient (Wildman–Crippen LogP) is 8.65. The maximum Gasteiger partial charge on any atom is 0.305 e. The summed E-state index contributed by atoms with van der Waals surface area (Å²) in [6, 6.07) is 0. The number of carbonyl (C=O) groups excluding carboxylic acids is 1. The van der Waals surface area contributed by atoms with Crippen LogP contribution in [0, 0.1) is 5.92 Å². The number of rotatable bonds is 27. The number of hydrogen-bond acceptors (Lipinski definition) is 4. The Bertz CT molecular complexity index is 386. The van der Waals surface area contributed by atoms with Crippen LogP contribution in [-0.4, -0.2) is 39.0 Å². The van der Waals surface area contributed by atoms with Crippen LogP contribution < -0.4 is 0 Å². The van der Waals surface area contributed by atoms with Gasteiger partial charge in [0.15, 0.2) is 0 Å². The van der Waals surface area contributed by atoms with Crippen molar-refractivity contribution in [2.24, 2.45) is 5.92 Å². The third-order valence-corrected chi connectivity index (χ3v) is 6.35. The van der Waals surface area contributed by atoms with Gasteiger partial charge < -0.3 is 14.2 Å². The lowest BCUT2D eigenvalue weighted by Gasteiger charge is -2.16. The summed E-state index contributed by atoms with van der Waals surface area (Å²) in [6.07, 6.45) is 23.2. The molecule has 0 heterocycles. The Morgan fingerprint density at radius 1 is 0.545 bits per heavy atom. The smallest absolute Gasteiger partial charge is 0.305 e. The molecular weight excluding hydrogens is 412 g/mol. The Balaban J connectivity index is 3.46. The van der Waals surface area contributed by atoms with Crippen molar-refractivity contribution in [1.29, 1.82) is 0 Å². The van der Waals surface area contributed by atoms with Gasteiger partial charge in [-0.1, -0.05) is 111 Å². The van der Waals surface area contributed by atoms with Crippen LogP contribution in [0.4, 0.5) is 0 Å². The second kappa shape index (κ2) is 27.6. The van der Waals surface area contributed by atoms with Gasteiger partial charge in [0.2, 0.25) is 0 Å². The SMILES string of the molecule is CCCCCCCCCCCOCCOCCCC(=O)OCC(CCCC)CCCCCC. The van der Waals surface area contributed by atoms with Crippen molar-refractivity contribution in [3.05, 3.63) is 0 Å². The maximum absolute atomic E-state index is 12.0. The summed E-state index contributed by atoms with van der Waals surface area (Å²) in [6.45, 7) is 10.0. The van der Waals surface area contributed by atoms with Crippen molar-refractivity contribution in [2.75, 3.05) is 33.0 Å². The number of unbranched alkanes of at least 4 members (excludes halogenated alkanes) is 12. The van der Waals surface area contributed by atoms with Gasteiger partial charge in [-0.25, -0.2) is 0 Å². The van der Waals surface area contributed by atoms with Crippen LogP contribution in [0.1, 0.15) is 143 Å². The fourth-order valence-corrected chi connectivity index (χ4v) is 4.10. The van der Waals surface area contributed by atoms with Crippen LogP contribution in [0.2, 0.25) is 0 Å². The Hall–Kier alpha value is -0.610. The molecule has 0 N–H and O–H groups in total. The zero-order valence-corrected chi connectivity index (χ0v) is 22.7. The van der Waals surface area contributed by atoms with Crippen molar-refractivity contribution in [2.45, 2.75) is 143 Å². The second-order valence-electron chi connectivity index (χ2n) is 9.70. The van der Waals surface area contributed by atoms with E-state index in [9.17, 15) is 4.79 Å². The molecule has 33 heavy (non-hydrogen) atoms. The van der Waals surface area contributed by atoms with Gasteiger partial charge in [-0.05, 0) is 31.6 Å². The van der Waals surface area contributed by atoms with Gasteiger partial charge in [0.05, 0.1) is 19.8 Å². The number of ether oxygens (including phenoxy) is 3. The highest BCUT2D eigenvalue weighted by molar-refractivity contribution is 5.69.